The number of halogens is 2. The number of hydrogen-bond donors (Lipinski definition) is 1. The number of fused-ring (bicyclic) bond motifs is 2. The first-order valence-electron chi connectivity index (χ1n) is 7.34. The van der Waals surface area contributed by atoms with Gasteiger partial charge < -0.3 is 0 Å². The van der Waals surface area contributed by atoms with Crippen LogP contribution < -0.4 is 4.72 Å². The summed E-state index contributed by atoms with van der Waals surface area (Å²) >= 11 is 0. The maximum atomic E-state index is 13.2. The molecule has 2 fully saturated rings. The van der Waals surface area contributed by atoms with Crippen molar-refractivity contribution >= 4 is 10.0 Å². The smallest absolute Gasteiger partial charge is 0.208 e. The molecule has 4 unspecified atom stereocenters. The Balaban J connectivity index is 1.75. The average Bonchev–Trinajstić information content (AvgIpc) is 3.03. The van der Waals surface area contributed by atoms with Crippen molar-refractivity contribution in [2.75, 3.05) is 0 Å². The van der Waals surface area contributed by atoms with Crippen LogP contribution in [0.4, 0.5) is 8.78 Å². The maximum Gasteiger partial charge on any atom is 0.240 e. The second-order valence-corrected chi connectivity index (χ2v) is 8.04. The summed E-state index contributed by atoms with van der Waals surface area (Å²) in [7, 11) is -3.81. The van der Waals surface area contributed by atoms with Gasteiger partial charge in [0.05, 0.1) is 4.90 Å². The van der Waals surface area contributed by atoms with Crippen molar-refractivity contribution in [2.45, 2.75) is 43.5 Å². The molecule has 4 atom stereocenters. The predicted octanol–water partition coefficient (Wildman–Crippen LogP) is 3.07. The van der Waals surface area contributed by atoms with Crippen LogP contribution in [-0.2, 0) is 10.0 Å². The van der Waals surface area contributed by atoms with Gasteiger partial charge in [-0.3, -0.25) is 0 Å². The van der Waals surface area contributed by atoms with Gasteiger partial charge in [-0.1, -0.05) is 6.42 Å². The number of sulfonamides is 1. The van der Waals surface area contributed by atoms with Gasteiger partial charge >= 0.3 is 0 Å². The molecule has 0 aliphatic heterocycles. The number of benzene rings is 1. The fourth-order valence-corrected chi connectivity index (χ4v) is 5.26. The third-order valence-electron chi connectivity index (χ3n) is 4.98. The van der Waals surface area contributed by atoms with E-state index in [1.165, 1.54) is 19.3 Å². The Kier molecular flexibility index (Phi) is 3.78. The van der Waals surface area contributed by atoms with Gasteiger partial charge in [-0.25, -0.2) is 21.9 Å². The minimum absolute atomic E-state index is 0.182. The van der Waals surface area contributed by atoms with Crippen molar-refractivity contribution in [3.05, 3.63) is 29.8 Å². The van der Waals surface area contributed by atoms with Crippen LogP contribution in [0.2, 0.25) is 0 Å². The van der Waals surface area contributed by atoms with Crippen molar-refractivity contribution in [1.82, 2.24) is 4.72 Å². The van der Waals surface area contributed by atoms with Gasteiger partial charge in [0, 0.05) is 6.04 Å². The summed E-state index contributed by atoms with van der Waals surface area (Å²) in [4.78, 5) is -0.226. The van der Waals surface area contributed by atoms with E-state index in [1.807, 2.05) is 6.92 Å². The van der Waals surface area contributed by atoms with E-state index < -0.39 is 21.7 Å². The zero-order valence-electron chi connectivity index (χ0n) is 11.9. The van der Waals surface area contributed by atoms with E-state index in [-0.39, 0.29) is 10.9 Å². The molecule has 3 rings (SSSR count). The summed E-state index contributed by atoms with van der Waals surface area (Å²) in [5.41, 5.74) is 0. The minimum atomic E-state index is -3.81. The van der Waals surface area contributed by atoms with Crippen LogP contribution in [0.15, 0.2) is 23.1 Å². The molecule has 1 N–H and O–H groups in total. The Bertz CT molecular complexity index is 647. The fourth-order valence-electron chi connectivity index (χ4n) is 3.95. The molecule has 2 aliphatic rings. The molecule has 1 aromatic rings. The summed E-state index contributed by atoms with van der Waals surface area (Å²) < 4.78 is 53.3. The molecule has 0 amide bonds. The molecule has 116 valence electrons. The Morgan fingerprint density at radius 2 is 1.95 bits per heavy atom. The molecule has 0 radical (unpaired) electrons. The summed E-state index contributed by atoms with van der Waals surface area (Å²) in [5, 5.41) is 0. The van der Waals surface area contributed by atoms with E-state index in [4.69, 9.17) is 0 Å². The van der Waals surface area contributed by atoms with Gasteiger partial charge in [-0.05, 0) is 62.1 Å². The Hall–Kier alpha value is -1.01. The molecule has 0 aromatic heterocycles. The third-order valence-corrected chi connectivity index (χ3v) is 6.53. The van der Waals surface area contributed by atoms with Gasteiger partial charge in [0.2, 0.25) is 10.0 Å². The average molecular weight is 315 g/mol. The Labute approximate surface area is 123 Å². The minimum Gasteiger partial charge on any atom is -0.208 e. The fraction of sp³-hybridized carbons (Fsp3) is 0.600. The van der Waals surface area contributed by atoms with Gasteiger partial charge in [0.25, 0.3) is 0 Å². The molecule has 1 aromatic carbocycles. The van der Waals surface area contributed by atoms with E-state index in [1.54, 1.807) is 0 Å². The molecule has 0 heterocycles. The molecule has 6 heteroatoms. The van der Waals surface area contributed by atoms with Crippen LogP contribution in [0, 0.1) is 29.4 Å². The molecule has 2 saturated carbocycles. The summed E-state index contributed by atoms with van der Waals surface area (Å²) in [6.07, 6.45) is 4.68. The summed E-state index contributed by atoms with van der Waals surface area (Å²) in [5.74, 6) is -0.516. The van der Waals surface area contributed by atoms with Crippen LogP contribution in [0.25, 0.3) is 0 Å². The normalized spacial score (nSPS) is 29.8. The second kappa shape index (κ2) is 5.32. The topological polar surface area (TPSA) is 46.2 Å². The first-order valence-corrected chi connectivity index (χ1v) is 8.82. The highest BCUT2D eigenvalue weighted by Gasteiger charge is 2.42. The number of hydrogen-bond acceptors (Lipinski definition) is 2. The Morgan fingerprint density at radius 1 is 1.19 bits per heavy atom. The molecule has 2 bridgehead atoms. The van der Waals surface area contributed by atoms with Crippen LogP contribution in [0.1, 0.15) is 32.6 Å². The second-order valence-electron chi connectivity index (χ2n) is 6.32. The summed E-state index contributed by atoms with van der Waals surface area (Å²) in [6, 6.07) is 2.48. The van der Waals surface area contributed by atoms with Crippen molar-refractivity contribution in [3.63, 3.8) is 0 Å². The van der Waals surface area contributed by atoms with E-state index in [2.05, 4.69) is 4.72 Å². The first-order chi connectivity index (χ1) is 9.87. The van der Waals surface area contributed by atoms with E-state index in [9.17, 15) is 17.2 Å². The van der Waals surface area contributed by atoms with E-state index in [0.717, 1.165) is 30.5 Å². The molecule has 3 nitrogen and oxygen atoms in total. The lowest BCUT2D eigenvalue weighted by Gasteiger charge is -2.28. The maximum absolute atomic E-state index is 13.2. The number of rotatable bonds is 4. The lowest BCUT2D eigenvalue weighted by atomic mass is 9.84. The lowest BCUT2D eigenvalue weighted by molar-refractivity contribution is 0.280. The first kappa shape index (κ1) is 14.9. The molecule has 21 heavy (non-hydrogen) atoms. The van der Waals surface area contributed by atoms with E-state index >= 15 is 0 Å². The largest absolute Gasteiger partial charge is 0.240 e. The quantitative estimate of drug-likeness (QED) is 0.928. The van der Waals surface area contributed by atoms with Gasteiger partial charge in [0.1, 0.15) is 0 Å². The summed E-state index contributed by atoms with van der Waals surface area (Å²) in [6.45, 7) is 1.86. The van der Waals surface area contributed by atoms with E-state index in [0.29, 0.717) is 11.8 Å². The van der Waals surface area contributed by atoms with Crippen LogP contribution in [0.3, 0.4) is 0 Å². The monoisotopic (exact) mass is 315 g/mol. The van der Waals surface area contributed by atoms with Crippen molar-refractivity contribution in [3.8, 4) is 0 Å². The van der Waals surface area contributed by atoms with Gasteiger partial charge in [-0.15, -0.1) is 0 Å². The highest BCUT2D eigenvalue weighted by atomic mass is 32.2. The highest BCUT2D eigenvalue weighted by Crippen LogP contribution is 2.49. The highest BCUT2D eigenvalue weighted by molar-refractivity contribution is 7.89. The zero-order valence-corrected chi connectivity index (χ0v) is 12.7. The molecular weight excluding hydrogens is 296 g/mol. The van der Waals surface area contributed by atoms with Crippen molar-refractivity contribution in [2.24, 2.45) is 17.8 Å². The molecular formula is C15H19F2NO2S. The molecule has 2 aliphatic carbocycles. The third kappa shape index (κ3) is 2.83. The molecule has 0 saturated heterocycles. The van der Waals surface area contributed by atoms with Gasteiger partial charge in [-0.2, -0.15) is 0 Å². The lowest BCUT2D eigenvalue weighted by Crippen LogP contribution is -2.40. The van der Waals surface area contributed by atoms with Crippen LogP contribution in [0.5, 0.6) is 0 Å². The zero-order chi connectivity index (χ0) is 15.2. The standard InChI is InChI=1S/C15H19F2NO2S/c1-9(13-7-10-2-3-11(13)6-10)18-21(19,20)12-4-5-14(16)15(17)8-12/h4-5,8-11,13,18H,2-3,6-7H2,1H3. The SMILES string of the molecule is CC(NS(=O)(=O)c1ccc(F)c(F)c1)C1CC2CCC1C2. The molecule has 0 spiro atoms. The van der Waals surface area contributed by atoms with Gasteiger partial charge in [0.15, 0.2) is 11.6 Å². The van der Waals surface area contributed by atoms with Crippen LogP contribution >= 0.6 is 0 Å². The Morgan fingerprint density at radius 3 is 2.52 bits per heavy atom. The predicted molar refractivity (Wildman–Crippen MR) is 75.1 cm³/mol. The van der Waals surface area contributed by atoms with Crippen LogP contribution in [-0.4, -0.2) is 14.5 Å². The van der Waals surface area contributed by atoms with Crippen molar-refractivity contribution < 1.29 is 17.2 Å². The number of nitrogens with one attached hydrogen (secondary N) is 1. The van der Waals surface area contributed by atoms with Crippen molar-refractivity contribution in [1.29, 1.82) is 0 Å².